The lowest BCUT2D eigenvalue weighted by atomic mass is 10.1. The molecule has 94 valence electrons. The second-order valence-corrected chi connectivity index (χ2v) is 5.13. The summed E-state index contributed by atoms with van der Waals surface area (Å²) in [4.78, 5) is 15.2. The first-order valence-electron chi connectivity index (χ1n) is 6.09. The average Bonchev–Trinajstić information content (AvgIpc) is 3.01. The zero-order valence-corrected chi connectivity index (χ0v) is 10.5. The number of nitrogens with one attached hydrogen (secondary N) is 2. The lowest BCUT2D eigenvalue weighted by molar-refractivity contribution is -0.120. The van der Waals surface area contributed by atoms with E-state index in [4.69, 9.17) is 4.74 Å². The molecule has 0 spiro atoms. The molecule has 0 saturated heterocycles. The summed E-state index contributed by atoms with van der Waals surface area (Å²) in [5, 5.41) is 3.97. The molecule has 2 aromatic rings. The summed E-state index contributed by atoms with van der Waals surface area (Å²) in [7, 11) is 1.64. The van der Waals surface area contributed by atoms with Crippen molar-refractivity contribution in [2.24, 2.45) is 5.41 Å². The van der Waals surface area contributed by atoms with E-state index in [1.54, 1.807) is 7.11 Å². The molecule has 18 heavy (non-hydrogen) atoms. The van der Waals surface area contributed by atoms with E-state index >= 15 is 0 Å². The van der Waals surface area contributed by atoms with Crippen LogP contribution in [0, 0.1) is 5.41 Å². The summed E-state index contributed by atoms with van der Waals surface area (Å²) in [5.74, 6) is 0.890. The first kappa shape index (κ1) is 11.1. The molecule has 1 aliphatic carbocycles. The first-order chi connectivity index (χ1) is 8.62. The van der Waals surface area contributed by atoms with Crippen LogP contribution in [0.3, 0.4) is 0 Å². The average molecular weight is 244 g/mol. The van der Waals surface area contributed by atoms with Crippen LogP contribution in [0.2, 0.25) is 0 Å². The van der Waals surface area contributed by atoms with Gasteiger partial charge in [0.15, 0.2) is 0 Å². The molecular weight excluding hydrogens is 228 g/mol. The molecule has 0 radical (unpaired) electrons. The summed E-state index contributed by atoms with van der Waals surface area (Å²) < 4.78 is 5.20. The highest BCUT2D eigenvalue weighted by Gasteiger charge is 2.44. The minimum absolute atomic E-state index is 0.103. The van der Waals surface area contributed by atoms with Gasteiger partial charge in [-0.2, -0.15) is 0 Å². The number of methoxy groups -OCH3 is 1. The second-order valence-electron chi connectivity index (χ2n) is 5.13. The Morgan fingerprint density at radius 1 is 1.44 bits per heavy atom. The maximum absolute atomic E-state index is 12.0. The van der Waals surface area contributed by atoms with Crippen LogP contribution >= 0.6 is 0 Å². The van der Waals surface area contributed by atoms with Crippen LogP contribution in [-0.2, 0) is 4.79 Å². The summed E-state index contributed by atoms with van der Waals surface area (Å²) in [6.07, 6.45) is 3.78. The normalized spacial score (nSPS) is 16.6. The number of benzene rings is 1. The van der Waals surface area contributed by atoms with Gasteiger partial charge in [0.05, 0.1) is 12.8 Å². The number of ether oxygens (including phenoxy) is 1. The van der Waals surface area contributed by atoms with E-state index in [1.165, 1.54) is 0 Å². The van der Waals surface area contributed by atoms with Crippen molar-refractivity contribution in [2.45, 2.75) is 19.8 Å². The number of hydrogen-bond acceptors (Lipinski definition) is 2. The van der Waals surface area contributed by atoms with Gasteiger partial charge in [0.1, 0.15) is 5.75 Å². The van der Waals surface area contributed by atoms with Crippen LogP contribution in [0.1, 0.15) is 19.8 Å². The number of anilines is 1. The van der Waals surface area contributed by atoms with Gasteiger partial charge in [0.25, 0.3) is 0 Å². The van der Waals surface area contributed by atoms with Crippen molar-refractivity contribution in [1.82, 2.24) is 4.98 Å². The predicted octanol–water partition coefficient (Wildman–Crippen LogP) is 2.92. The quantitative estimate of drug-likeness (QED) is 0.872. The fourth-order valence-electron chi connectivity index (χ4n) is 2.02. The topological polar surface area (TPSA) is 54.1 Å². The Bertz CT molecular complexity index is 611. The molecule has 3 rings (SSSR count). The Kier molecular flexibility index (Phi) is 2.33. The third-order valence-corrected chi connectivity index (χ3v) is 3.69. The number of carbonyl (C=O) groups is 1. The van der Waals surface area contributed by atoms with Gasteiger partial charge in [0, 0.05) is 22.5 Å². The lowest BCUT2D eigenvalue weighted by Crippen LogP contribution is -2.21. The minimum atomic E-state index is -0.164. The molecule has 1 fully saturated rings. The number of hydrogen-bond donors (Lipinski definition) is 2. The van der Waals surface area contributed by atoms with Crippen molar-refractivity contribution >= 4 is 22.5 Å². The largest absolute Gasteiger partial charge is 0.497 e. The standard InChI is InChI=1S/C14H16N2O2/c1-14(5-6-14)13(17)16-12-8-15-11-4-3-9(18-2)7-10(11)12/h3-4,7-8,15H,5-6H2,1-2H3,(H,16,17). The first-order valence-corrected chi connectivity index (χ1v) is 6.09. The van der Waals surface area contributed by atoms with Crippen LogP contribution < -0.4 is 10.1 Å². The van der Waals surface area contributed by atoms with Crippen molar-refractivity contribution in [1.29, 1.82) is 0 Å². The molecule has 1 aromatic heterocycles. The molecule has 1 heterocycles. The van der Waals surface area contributed by atoms with Gasteiger partial charge in [-0.3, -0.25) is 4.79 Å². The SMILES string of the molecule is COc1ccc2[nH]cc(NC(=O)C3(C)CC3)c2c1. The molecule has 4 nitrogen and oxygen atoms in total. The molecule has 0 bridgehead atoms. The number of rotatable bonds is 3. The summed E-state index contributed by atoms with van der Waals surface area (Å²) >= 11 is 0. The zero-order valence-electron chi connectivity index (χ0n) is 10.5. The van der Waals surface area contributed by atoms with Crippen LogP contribution in [0.5, 0.6) is 5.75 Å². The van der Waals surface area contributed by atoms with Gasteiger partial charge in [0.2, 0.25) is 5.91 Å². The Morgan fingerprint density at radius 2 is 2.22 bits per heavy atom. The fourth-order valence-corrected chi connectivity index (χ4v) is 2.02. The van der Waals surface area contributed by atoms with Crippen LogP contribution in [0.25, 0.3) is 10.9 Å². The molecule has 4 heteroatoms. The van der Waals surface area contributed by atoms with Crippen molar-refractivity contribution in [2.75, 3.05) is 12.4 Å². The molecule has 0 aliphatic heterocycles. The number of aromatic nitrogens is 1. The molecule has 1 saturated carbocycles. The Labute approximate surface area is 105 Å². The highest BCUT2D eigenvalue weighted by atomic mass is 16.5. The van der Waals surface area contributed by atoms with Crippen molar-refractivity contribution in [3.05, 3.63) is 24.4 Å². The predicted molar refractivity (Wildman–Crippen MR) is 70.8 cm³/mol. The molecule has 2 N–H and O–H groups in total. The molecule has 0 atom stereocenters. The Morgan fingerprint density at radius 3 is 2.89 bits per heavy atom. The van der Waals surface area contributed by atoms with E-state index in [0.717, 1.165) is 35.2 Å². The summed E-state index contributed by atoms with van der Waals surface area (Å²) in [5.41, 5.74) is 1.65. The maximum Gasteiger partial charge on any atom is 0.230 e. The fraction of sp³-hybridized carbons (Fsp3) is 0.357. The molecular formula is C14H16N2O2. The van der Waals surface area contributed by atoms with Crippen molar-refractivity contribution in [3.8, 4) is 5.75 Å². The van der Waals surface area contributed by atoms with Crippen molar-refractivity contribution in [3.63, 3.8) is 0 Å². The lowest BCUT2D eigenvalue weighted by Gasteiger charge is -2.09. The molecule has 1 amide bonds. The number of amides is 1. The Balaban J connectivity index is 1.94. The molecule has 0 unspecified atom stereocenters. The third-order valence-electron chi connectivity index (χ3n) is 3.69. The number of H-pyrrole nitrogens is 1. The van der Waals surface area contributed by atoms with Crippen molar-refractivity contribution < 1.29 is 9.53 Å². The van der Waals surface area contributed by atoms with E-state index in [1.807, 2.05) is 31.3 Å². The zero-order chi connectivity index (χ0) is 12.8. The molecule has 1 aromatic carbocycles. The summed E-state index contributed by atoms with van der Waals surface area (Å²) in [6, 6.07) is 5.77. The monoisotopic (exact) mass is 244 g/mol. The summed E-state index contributed by atoms with van der Waals surface area (Å²) in [6.45, 7) is 2.00. The van der Waals surface area contributed by atoms with E-state index in [-0.39, 0.29) is 11.3 Å². The maximum atomic E-state index is 12.0. The highest BCUT2D eigenvalue weighted by molar-refractivity contribution is 6.04. The smallest absolute Gasteiger partial charge is 0.230 e. The second kappa shape index (κ2) is 3.77. The minimum Gasteiger partial charge on any atom is -0.497 e. The van der Waals surface area contributed by atoms with E-state index in [0.29, 0.717) is 0 Å². The van der Waals surface area contributed by atoms with Gasteiger partial charge in [-0.15, -0.1) is 0 Å². The number of fused-ring (bicyclic) bond motifs is 1. The Hall–Kier alpha value is -1.97. The van der Waals surface area contributed by atoms with E-state index in [9.17, 15) is 4.79 Å². The van der Waals surface area contributed by atoms with Gasteiger partial charge in [-0.1, -0.05) is 6.92 Å². The van der Waals surface area contributed by atoms with Gasteiger partial charge >= 0.3 is 0 Å². The number of aromatic amines is 1. The van der Waals surface area contributed by atoms with Crippen LogP contribution in [0.15, 0.2) is 24.4 Å². The molecule has 1 aliphatic rings. The number of carbonyl (C=O) groups excluding carboxylic acids is 1. The van der Waals surface area contributed by atoms with Gasteiger partial charge < -0.3 is 15.0 Å². The van der Waals surface area contributed by atoms with Gasteiger partial charge in [-0.05, 0) is 31.0 Å². The van der Waals surface area contributed by atoms with Gasteiger partial charge in [-0.25, -0.2) is 0 Å². The van der Waals surface area contributed by atoms with E-state index in [2.05, 4.69) is 10.3 Å². The van der Waals surface area contributed by atoms with E-state index < -0.39 is 0 Å². The highest BCUT2D eigenvalue weighted by Crippen LogP contribution is 2.46. The van der Waals surface area contributed by atoms with Crippen LogP contribution in [-0.4, -0.2) is 18.0 Å². The van der Waals surface area contributed by atoms with Crippen LogP contribution in [0.4, 0.5) is 5.69 Å². The third kappa shape index (κ3) is 1.74.